The molecule has 116 valence electrons. The molecule has 0 aliphatic carbocycles. The third kappa shape index (κ3) is 5.33. The van der Waals surface area contributed by atoms with E-state index in [0.717, 1.165) is 11.3 Å². The number of hydrogen-bond donors (Lipinski definition) is 2. The molecule has 22 heavy (non-hydrogen) atoms. The van der Waals surface area contributed by atoms with E-state index in [9.17, 15) is 4.39 Å². The molecule has 0 aliphatic rings. The largest absolute Gasteiger partial charge is 0.491 e. The summed E-state index contributed by atoms with van der Waals surface area (Å²) in [5.74, 6) is 0.549. The molecule has 0 saturated heterocycles. The Labute approximate surface area is 135 Å². The lowest BCUT2D eigenvalue weighted by Gasteiger charge is -2.12. The Hall–Kier alpha value is -2.14. The van der Waals surface area contributed by atoms with Crippen LogP contribution in [0.2, 0.25) is 0 Å². The Morgan fingerprint density at radius 3 is 2.55 bits per heavy atom. The highest BCUT2D eigenvalue weighted by molar-refractivity contribution is 7.80. The molecule has 0 heterocycles. The Morgan fingerprint density at radius 2 is 1.91 bits per heavy atom. The van der Waals surface area contributed by atoms with Crippen LogP contribution in [0.5, 0.6) is 5.75 Å². The van der Waals surface area contributed by atoms with Crippen molar-refractivity contribution >= 4 is 23.0 Å². The molecule has 2 aromatic carbocycles. The number of hydrogen-bond acceptors (Lipinski definition) is 2. The standard InChI is InChI=1S/C17H19FN2OS/c1-12(2)21-16-8-6-13(7-9-16)11-19-17(22)20-15-5-3-4-14(18)10-15/h3-10,12H,11H2,1-2H3,(H2,19,20,22). The predicted molar refractivity (Wildman–Crippen MR) is 91.7 cm³/mol. The molecule has 0 atom stereocenters. The first-order valence-corrected chi connectivity index (χ1v) is 7.50. The van der Waals surface area contributed by atoms with Gasteiger partial charge in [0.1, 0.15) is 11.6 Å². The minimum Gasteiger partial charge on any atom is -0.491 e. The summed E-state index contributed by atoms with van der Waals surface area (Å²) < 4.78 is 18.7. The quantitative estimate of drug-likeness (QED) is 0.813. The summed E-state index contributed by atoms with van der Waals surface area (Å²) in [7, 11) is 0. The monoisotopic (exact) mass is 318 g/mol. The number of benzene rings is 2. The van der Waals surface area contributed by atoms with Crippen LogP contribution in [0.25, 0.3) is 0 Å². The Morgan fingerprint density at radius 1 is 1.18 bits per heavy atom. The van der Waals surface area contributed by atoms with E-state index in [1.807, 2.05) is 38.1 Å². The SMILES string of the molecule is CC(C)Oc1ccc(CNC(=S)Nc2cccc(F)c2)cc1. The molecule has 5 heteroatoms. The Balaban J connectivity index is 1.83. The third-order valence-electron chi connectivity index (χ3n) is 2.83. The lowest BCUT2D eigenvalue weighted by atomic mass is 10.2. The van der Waals surface area contributed by atoms with Crippen molar-refractivity contribution in [3.8, 4) is 5.75 Å². The van der Waals surface area contributed by atoms with E-state index in [-0.39, 0.29) is 11.9 Å². The number of thiocarbonyl (C=S) groups is 1. The summed E-state index contributed by atoms with van der Waals surface area (Å²) in [6, 6.07) is 14.0. The zero-order chi connectivity index (χ0) is 15.9. The van der Waals surface area contributed by atoms with E-state index in [1.54, 1.807) is 12.1 Å². The van der Waals surface area contributed by atoms with Crippen molar-refractivity contribution in [2.75, 3.05) is 5.32 Å². The molecule has 0 saturated carbocycles. The van der Waals surface area contributed by atoms with E-state index in [1.165, 1.54) is 12.1 Å². The van der Waals surface area contributed by atoms with E-state index >= 15 is 0 Å². The van der Waals surface area contributed by atoms with Crippen LogP contribution in [0, 0.1) is 5.82 Å². The van der Waals surface area contributed by atoms with Crippen molar-refractivity contribution in [3.63, 3.8) is 0 Å². The van der Waals surface area contributed by atoms with Gasteiger partial charge in [0.25, 0.3) is 0 Å². The second-order valence-electron chi connectivity index (χ2n) is 5.13. The van der Waals surface area contributed by atoms with Crippen molar-refractivity contribution < 1.29 is 9.13 Å². The summed E-state index contributed by atoms with van der Waals surface area (Å²) in [6.45, 7) is 4.57. The molecule has 0 radical (unpaired) electrons. The van der Waals surface area contributed by atoms with Crippen LogP contribution in [0.15, 0.2) is 48.5 Å². The van der Waals surface area contributed by atoms with E-state index in [4.69, 9.17) is 17.0 Å². The van der Waals surface area contributed by atoms with Crippen molar-refractivity contribution in [2.24, 2.45) is 0 Å². The maximum atomic E-state index is 13.1. The average Bonchev–Trinajstić information content (AvgIpc) is 2.46. The van der Waals surface area contributed by atoms with Crippen molar-refractivity contribution in [1.82, 2.24) is 5.32 Å². The first-order valence-electron chi connectivity index (χ1n) is 7.09. The summed E-state index contributed by atoms with van der Waals surface area (Å²) in [4.78, 5) is 0. The molecule has 0 spiro atoms. The van der Waals surface area contributed by atoms with Gasteiger partial charge in [-0.1, -0.05) is 18.2 Å². The fourth-order valence-corrected chi connectivity index (χ4v) is 2.07. The summed E-state index contributed by atoms with van der Waals surface area (Å²) in [5, 5.41) is 6.48. The molecule has 2 aromatic rings. The number of ether oxygens (including phenoxy) is 1. The molecule has 0 bridgehead atoms. The molecule has 2 N–H and O–H groups in total. The van der Waals surface area contributed by atoms with Crippen LogP contribution in [0.1, 0.15) is 19.4 Å². The van der Waals surface area contributed by atoms with Crippen LogP contribution >= 0.6 is 12.2 Å². The molecule has 2 rings (SSSR count). The highest BCUT2D eigenvalue weighted by atomic mass is 32.1. The van der Waals surface area contributed by atoms with Gasteiger partial charge in [-0.15, -0.1) is 0 Å². The van der Waals surface area contributed by atoms with Crippen LogP contribution in [0.3, 0.4) is 0 Å². The van der Waals surface area contributed by atoms with Gasteiger partial charge in [-0.05, 0) is 62.0 Å². The zero-order valence-electron chi connectivity index (χ0n) is 12.6. The summed E-state index contributed by atoms with van der Waals surface area (Å²) >= 11 is 5.19. The van der Waals surface area contributed by atoms with E-state index in [0.29, 0.717) is 17.3 Å². The lowest BCUT2D eigenvalue weighted by molar-refractivity contribution is 0.242. The second kappa shape index (κ2) is 7.75. The fraction of sp³-hybridized carbons (Fsp3) is 0.235. The van der Waals surface area contributed by atoms with Gasteiger partial charge in [0.05, 0.1) is 6.10 Å². The van der Waals surface area contributed by atoms with Crippen molar-refractivity contribution in [2.45, 2.75) is 26.5 Å². The Kier molecular flexibility index (Phi) is 5.72. The molecular weight excluding hydrogens is 299 g/mol. The van der Waals surface area contributed by atoms with Crippen molar-refractivity contribution in [1.29, 1.82) is 0 Å². The second-order valence-corrected chi connectivity index (χ2v) is 5.54. The maximum absolute atomic E-state index is 13.1. The number of halogens is 1. The smallest absolute Gasteiger partial charge is 0.171 e. The minimum atomic E-state index is -0.298. The van der Waals surface area contributed by atoms with Crippen LogP contribution in [-0.2, 0) is 6.54 Å². The number of nitrogens with one attached hydrogen (secondary N) is 2. The van der Waals surface area contributed by atoms with Crippen LogP contribution < -0.4 is 15.4 Å². The van der Waals surface area contributed by atoms with Gasteiger partial charge in [0.15, 0.2) is 5.11 Å². The van der Waals surface area contributed by atoms with Gasteiger partial charge >= 0.3 is 0 Å². The van der Waals surface area contributed by atoms with Gasteiger partial charge < -0.3 is 15.4 Å². The number of anilines is 1. The summed E-state index contributed by atoms with van der Waals surface area (Å²) in [5.41, 5.74) is 1.71. The first kappa shape index (κ1) is 16.2. The molecule has 0 amide bonds. The van der Waals surface area contributed by atoms with Gasteiger partial charge in [-0.2, -0.15) is 0 Å². The molecule has 0 fully saturated rings. The van der Waals surface area contributed by atoms with Crippen molar-refractivity contribution in [3.05, 3.63) is 59.9 Å². The zero-order valence-corrected chi connectivity index (χ0v) is 13.4. The average molecular weight is 318 g/mol. The van der Waals surface area contributed by atoms with Crippen LogP contribution in [0.4, 0.5) is 10.1 Å². The molecule has 0 aliphatic heterocycles. The fourth-order valence-electron chi connectivity index (χ4n) is 1.88. The van der Waals surface area contributed by atoms with Gasteiger partial charge in [-0.3, -0.25) is 0 Å². The number of rotatable bonds is 5. The third-order valence-corrected chi connectivity index (χ3v) is 3.08. The van der Waals surface area contributed by atoms with Gasteiger partial charge in [-0.25, -0.2) is 4.39 Å². The lowest BCUT2D eigenvalue weighted by Crippen LogP contribution is -2.27. The molecule has 0 unspecified atom stereocenters. The minimum absolute atomic E-state index is 0.159. The van der Waals surface area contributed by atoms with Gasteiger partial charge in [0, 0.05) is 12.2 Å². The van der Waals surface area contributed by atoms with Crippen LogP contribution in [-0.4, -0.2) is 11.2 Å². The molecular formula is C17H19FN2OS. The molecule has 0 aromatic heterocycles. The topological polar surface area (TPSA) is 33.3 Å². The normalized spacial score (nSPS) is 10.4. The van der Waals surface area contributed by atoms with E-state index < -0.39 is 0 Å². The highest BCUT2D eigenvalue weighted by Crippen LogP contribution is 2.14. The van der Waals surface area contributed by atoms with Gasteiger partial charge in [0.2, 0.25) is 0 Å². The highest BCUT2D eigenvalue weighted by Gasteiger charge is 2.01. The summed E-state index contributed by atoms with van der Waals surface area (Å²) in [6.07, 6.45) is 0.159. The first-order chi connectivity index (χ1) is 10.5. The van der Waals surface area contributed by atoms with E-state index in [2.05, 4.69) is 10.6 Å². The molecule has 3 nitrogen and oxygen atoms in total. The maximum Gasteiger partial charge on any atom is 0.171 e. The Bertz CT molecular complexity index is 629. The predicted octanol–water partition coefficient (Wildman–Crippen LogP) is 4.10.